The molecule has 4 fully saturated rings. The van der Waals surface area contributed by atoms with Gasteiger partial charge in [0.2, 0.25) is 18.3 Å². The van der Waals surface area contributed by atoms with E-state index in [1.54, 1.807) is 31.4 Å². The first-order chi connectivity index (χ1) is 42.2. The first kappa shape index (κ1) is 79.3. The number of phenolic OH excluding ortho intramolecular Hbond substituents is 2. The molecule has 0 aromatic heterocycles. The van der Waals surface area contributed by atoms with Gasteiger partial charge in [0, 0.05) is 17.7 Å². The normalized spacial score (nSPS) is 15.1. The maximum atomic E-state index is 11.3. The Kier molecular flexibility index (Phi) is 28.2. The van der Waals surface area contributed by atoms with Crippen LogP contribution in [0.3, 0.4) is 0 Å². The van der Waals surface area contributed by atoms with Crippen molar-refractivity contribution in [2.75, 3.05) is 49.5 Å². The first-order valence-corrected chi connectivity index (χ1v) is 41.4. The number of ketones is 1. The number of rotatable bonds is 15. The Bertz CT molecular complexity index is 3570. The van der Waals surface area contributed by atoms with E-state index in [9.17, 15) is 33.4 Å². The molecular formula is C68H94Cl2N6O13SSiSn. The Balaban J connectivity index is 0.000000288. The zero-order valence-electron chi connectivity index (χ0n) is 54.9. The summed E-state index contributed by atoms with van der Waals surface area (Å²) in [5.41, 5.74) is 26.9. The minimum atomic E-state index is -3.35. The summed E-state index contributed by atoms with van der Waals surface area (Å²) >= 11 is -0.826. The number of Topliss-reactive ketones (excluding diaryl/α,β-unsaturated/α-hetero) is 1. The van der Waals surface area contributed by atoms with Gasteiger partial charge in [0.05, 0.1) is 60.2 Å². The fourth-order valence-electron chi connectivity index (χ4n) is 8.91. The van der Waals surface area contributed by atoms with Gasteiger partial charge in [0.1, 0.15) is 17.2 Å². The molecule has 6 aromatic rings. The van der Waals surface area contributed by atoms with Crippen molar-refractivity contribution in [3.8, 4) is 34.5 Å². The molecule has 502 valence electrons. The molecule has 2 radical (unpaired) electrons. The number of nitrogens with zero attached hydrogens (tertiary/aromatic N) is 2. The van der Waals surface area contributed by atoms with Gasteiger partial charge in [0.25, 0.3) is 5.75 Å². The number of allylic oxidation sites excluding steroid dienone is 1. The molecule has 0 saturated heterocycles. The molecule has 0 unspecified atom stereocenters. The van der Waals surface area contributed by atoms with Crippen LogP contribution in [0.2, 0.25) is 18.1 Å². The van der Waals surface area contributed by atoms with E-state index < -0.39 is 47.1 Å². The summed E-state index contributed by atoms with van der Waals surface area (Å²) in [5, 5.41) is 40.0. The maximum absolute atomic E-state index is 11.3. The van der Waals surface area contributed by atoms with Crippen LogP contribution in [0, 0.1) is 20.2 Å². The summed E-state index contributed by atoms with van der Waals surface area (Å²) in [6, 6.07) is 32.3. The van der Waals surface area contributed by atoms with Gasteiger partial charge in [-0.15, -0.1) is 0 Å². The topological polar surface area (TPSA) is 305 Å². The number of phenols is 2. The second kappa shape index (κ2) is 32.8. The van der Waals surface area contributed by atoms with Crippen LogP contribution in [0.5, 0.6) is 34.5 Å². The number of carbonyl (C=O) groups excluding carboxylic acids is 1. The third kappa shape index (κ3) is 23.0. The fraction of sp³-hybridized carbons (Fsp3) is 0.426. The first-order valence-electron chi connectivity index (χ1n) is 29.4. The summed E-state index contributed by atoms with van der Waals surface area (Å²) in [6.07, 6.45) is 10.1. The molecule has 4 aliphatic rings. The summed E-state index contributed by atoms with van der Waals surface area (Å²) in [7, 11) is 9.04. The van der Waals surface area contributed by atoms with Crippen LogP contribution in [0.1, 0.15) is 159 Å². The van der Waals surface area contributed by atoms with Gasteiger partial charge in [-0.05, 0) is 206 Å². The van der Waals surface area contributed by atoms with E-state index in [-0.39, 0.29) is 52.0 Å². The number of hydrogen-bond donors (Lipinski definition) is 6. The third-order valence-electron chi connectivity index (χ3n) is 17.1. The molecule has 19 nitrogen and oxygen atoms in total. The molecule has 0 bridgehead atoms. The number of nitro groups is 2. The molecule has 4 saturated carbocycles. The number of nitrogen functional groups attached to an aromatic ring is 3. The van der Waals surface area contributed by atoms with Crippen molar-refractivity contribution in [3.63, 3.8) is 0 Å². The molecule has 10 rings (SSSR count). The van der Waals surface area contributed by atoms with Crippen molar-refractivity contribution < 1.29 is 51.9 Å². The van der Waals surface area contributed by atoms with Gasteiger partial charge in [-0.1, -0.05) is 92.3 Å². The Hall–Kier alpha value is -6.92. The second-order valence-electron chi connectivity index (χ2n) is 25.9. The fourth-order valence-corrected chi connectivity index (χ4v) is 10.5. The second-order valence-corrected chi connectivity index (χ2v) is 36.6. The van der Waals surface area contributed by atoms with Gasteiger partial charge in [-0.2, -0.15) is 0 Å². The van der Waals surface area contributed by atoms with Crippen molar-refractivity contribution in [3.05, 3.63) is 169 Å². The van der Waals surface area contributed by atoms with Crippen molar-refractivity contribution in [1.29, 1.82) is 0 Å². The SMILES string of the molecule is C.C=C(C)c1ccc(O[Si](C)(C)C(C)(C)C)cc1.CC(=O)c1ccc(O)cc1.CC1(c2ccc(O)cc2)CC1.COc1c(N)cc(C2(C)CC2)cc1N.COc1c(N)cc(C2(C)CC2)cc1NS(C)(=O)=O.COc1c([N+](=O)[O-])cc(C2(C)CC2)cc1[N+](=O)[O-].[Cl][Sn][Cl]. The number of ether oxygens (including phenoxy) is 3. The average Bonchev–Trinajstić information content (AvgIpc) is 1.68. The molecule has 92 heavy (non-hydrogen) atoms. The summed E-state index contributed by atoms with van der Waals surface area (Å²) in [6.45, 7) is 27.3. The van der Waals surface area contributed by atoms with Crippen molar-refractivity contribution in [2.24, 2.45) is 0 Å². The number of anilines is 4. The average molecular weight is 1450 g/mol. The molecular weight excluding hydrogens is 1360 g/mol. The van der Waals surface area contributed by atoms with Crippen LogP contribution in [0.4, 0.5) is 34.1 Å². The van der Waals surface area contributed by atoms with E-state index in [4.69, 9.17) is 63.9 Å². The Morgan fingerprint density at radius 3 is 1.25 bits per heavy atom. The van der Waals surface area contributed by atoms with Crippen molar-refractivity contribution in [2.45, 2.75) is 161 Å². The van der Waals surface area contributed by atoms with Crippen LogP contribution in [0.15, 0.2) is 116 Å². The number of nitrogens with two attached hydrogens (primary N) is 3. The number of nitro benzene ring substituents is 2. The molecule has 0 amide bonds. The van der Waals surface area contributed by atoms with Crippen LogP contribution in [0.25, 0.3) is 5.57 Å². The predicted octanol–water partition coefficient (Wildman–Crippen LogP) is 17.0. The number of carbonyl (C=O) groups is 1. The van der Waals surface area contributed by atoms with Gasteiger partial charge in [0.15, 0.2) is 17.3 Å². The van der Waals surface area contributed by atoms with Crippen LogP contribution >= 0.6 is 17.8 Å². The summed E-state index contributed by atoms with van der Waals surface area (Å²) < 4.78 is 46.4. The van der Waals surface area contributed by atoms with E-state index in [1.165, 1.54) is 87.8 Å². The number of benzene rings is 6. The van der Waals surface area contributed by atoms with E-state index in [0.29, 0.717) is 62.0 Å². The Morgan fingerprint density at radius 1 is 0.609 bits per heavy atom. The van der Waals surface area contributed by atoms with Gasteiger partial charge in [-0.3, -0.25) is 29.7 Å². The van der Waals surface area contributed by atoms with Gasteiger partial charge >= 0.3 is 48.1 Å². The van der Waals surface area contributed by atoms with E-state index in [1.807, 2.05) is 62.4 Å². The Labute approximate surface area is 562 Å². The predicted molar refractivity (Wildman–Crippen MR) is 380 cm³/mol. The Morgan fingerprint density at radius 2 is 0.935 bits per heavy atom. The number of methoxy groups -OCH3 is 3. The molecule has 4 aliphatic carbocycles. The molecule has 0 atom stereocenters. The quantitative estimate of drug-likeness (QED) is 0.0183. The summed E-state index contributed by atoms with van der Waals surface area (Å²) in [5.74, 6) is 2.20. The monoisotopic (exact) mass is 1450 g/mol. The van der Waals surface area contributed by atoms with Gasteiger partial charge in [-0.25, -0.2) is 8.42 Å². The number of aromatic hydroxyl groups is 2. The molecule has 0 spiro atoms. The van der Waals surface area contributed by atoms with E-state index in [0.717, 1.165) is 48.8 Å². The zero-order chi connectivity index (χ0) is 68.8. The number of hydrogen-bond acceptors (Lipinski definition) is 16. The van der Waals surface area contributed by atoms with Crippen molar-refractivity contribution in [1.82, 2.24) is 0 Å². The molecule has 24 heteroatoms. The minimum absolute atomic E-state index is 0. The number of sulfonamides is 1. The van der Waals surface area contributed by atoms with E-state index in [2.05, 4.69) is 78.1 Å². The third-order valence-corrected chi connectivity index (χ3v) is 22.0. The summed E-state index contributed by atoms with van der Waals surface area (Å²) in [4.78, 5) is 31.3. The molecule has 9 N–H and O–H groups in total. The van der Waals surface area contributed by atoms with Crippen LogP contribution in [-0.4, -0.2) is 89.1 Å². The molecule has 0 aliphatic heterocycles. The van der Waals surface area contributed by atoms with Crippen LogP contribution in [-0.2, 0) is 31.7 Å². The molecule has 0 heterocycles. The number of halogens is 2. The van der Waals surface area contributed by atoms with Crippen molar-refractivity contribution >= 4 is 101 Å². The van der Waals surface area contributed by atoms with Gasteiger partial charge < -0.3 is 46.1 Å². The standard InChI is InChI=1S/C15H24OSi.C12H18N2O3S.C11H12N2O5.C11H16N2O.C10H12O.C8H8O2.CH4.2ClH.Sn/c1-12(2)13-8-10-14(11-9-13)16-17(6,7)15(3,4)5;1-12(4-5-12)8-6-9(13)11(17-2)10(7-8)14-18(3,15)16;1-11(3-4-11)7-5-8(12(14)15)10(18-2)9(6-7)13(16)17;1-11(3-4-11)7-5-8(12)10(14-2)9(13)6-7;1-10(6-7-10)8-2-4-9(11)5-3-8;1-6(9)7-2-4-8(10)5-3-7;;;;/h8-11H,1H2,2-7H3;6-7,14H,4-5,13H2,1-3H3;5-6H,3-4H2,1-2H3;5-6H,3-4,12-13H2,1-2H3;2-5,11H,6-7H2,1H3;2-5,10H,1H3;1H4;2*1H;/q;;;;;;;;;+2/p-2. The zero-order valence-corrected chi connectivity index (χ0v) is 61.1. The van der Waals surface area contributed by atoms with E-state index >= 15 is 0 Å². The molecule has 6 aromatic carbocycles. The number of nitrogens with one attached hydrogen (secondary N) is 1. The van der Waals surface area contributed by atoms with Crippen LogP contribution < -0.4 is 40.6 Å².